The average molecular weight is 224 g/mol. The minimum atomic E-state index is 0.177. The number of nitrogens with one attached hydrogen (secondary N) is 1. The molecule has 1 aromatic heterocycles. The summed E-state index contributed by atoms with van der Waals surface area (Å²) in [6, 6.07) is 4.19. The lowest BCUT2D eigenvalue weighted by Crippen LogP contribution is -2.38. The van der Waals surface area contributed by atoms with Gasteiger partial charge in [-0.25, -0.2) is 0 Å². The second kappa shape index (κ2) is 5.51. The van der Waals surface area contributed by atoms with Crippen molar-refractivity contribution in [2.45, 2.75) is 33.4 Å². The van der Waals surface area contributed by atoms with E-state index in [1.54, 1.807) is 7.11 Å². The predicted molar refractivity (Wildman–Crippen MR) is 67.4 cm³/mol. The zero-order chi connectivity index (χ0) is 12.2. The van der Waals surface area contributed by atoms with Gasteiger partial charge in [0.25, 0.3) is 0 Å². The van der Waals surface area contributed by atoms with Crippen LogP contribution in [0.4, 0.5) is 0 Å². The third kappa shape index (κ3) is 3.65. The number of aryl methyl sites for hydroxylation is 1. The first-order chi connectivity index (χ1) is 7.45. The second-order valence-corrected chi connectivity index (χ2v) is 5.33. The van der Waals surface area contributed by atoms with E-state index in [9.17, 15) is 0 Å². The van der Waals surface area contributed by atoms with Crippen LogP contribution in [0.15, 0.2) is 18.3 Å². The Hall–Kier alpha value is -0.800. The maximum atomic E-state index is 5.50. The number of ether oxygens (including phenoxy) is 1. The van der Waals surface area contributed by atoms with Crippen LogP contribution < -0.4 is 5.32 Å². The molecule has 0 amide bonds. The van der Waals surface area contributed by atoms with Crippen LogP contribution in [-0.4, -0.2) is 24.3 Å². The zero-order valence-corrected chi connectivity index (χ0v) is 11.1. The van der Waals surface area contributed by atoms with Gasteiger partial charge in [0.1, 0.15) is 0 Å². The van der Waals surface area contributed by atoms with Crippen molar-refractivity contribution in [1.29, 1.82) is 0 Å². The van der Waals surface area contributed by atoms with E-state index in [1.807, 2.05) is 0 Å². The van der Waals surface area contributed by atoms with Crippen molar-refractivity contribution in [3.63, 3.8) is 0 Å². The topological polar surface area (TPSA) is 26.2 Å². The molecule has 0 spiro atoms. The van der Waals surface area contributed by atoms with Gasteiger partial charge in [-0.05, 0) is 17.5 Å². The zero-order valence-electron chi connectivity index (χ0n) is 11.1. The number of rotatable bonds is 5. The fraction of sp³-hybridized carbons (Fsp3) is 0.692. The molecule has 3 nitrogen and oxygen atoms in total. The molecule has 1 N–H and O–H groups in total. The molecule has 0 saturated carbocycles. The first-order valence-electron chi connectivity index (χ1n) is 5.79. The Morgan fingerprint density at radius 3 is 2.56 bits per heavy atom. The average Bonchev–Trinajstić information content (AvgIpc) is 2.57. The van der Waals surface area contributed by atoms with Crippen molar-refractivity contribution in [2.75, 3.05) is 13.7 Å². The molecule has 0 radical (unpaired) electrons. The number of nitrogens with zero attached hydrogens (tertiary/aromatic N) is 1. The molecule has 0 aromatic carbocycles. The number of hydrogen-bond donors (Lipinski definition) is 1. The fourth-order valence-electron chi connectivity index (χ4n) is 1.75. The normalized spacial score (nSPS) is 14.1. The predicted octanol–water partition coefficient (Wildman–Crippen LogP) is 2.18. The molecule has 1 atom stereocenters. The summed E-state index contributed by atoms with van der Waals surface area (Å²) in [6.07, 6.45) is 2.31. The van der Waals surface area contributed by atoms with Crippen molar-refractivity contribution in [3.05, 3.63) is 24.0 Å². The van der Waals surface area contributed by atoms with E-state index in [1.165, 1.54) is 5.69 Å². The monoisotopic (exact) mass is 224 g/mol. The lowest BCUT2D eigenvalue weighted by molar-refractivity contribution is 0.0172. The van der Waals surface area contributed by atoms with Crippen molar-refractivity contribution in [1.82, 2.24) is 9.88 Å². The summed E-state index contributed by atoms with van der Waals surface area (Å²) < 4.78 is 7.63. The molecule has 0 saturated heterocycles. The fourth-order valence-corrected chi connectivity index (χ4v) is 1.75. The standard InChI is InChI=1S/C13H24N2O/c1-13(2,3)12(16-5)10-14-9-11-7-6-8-15(11)4/h6-8,12,14H,9-10H2,1-5H3. The maximum absolute atomic E-state index is 5.50. The molecule has 1 rings (SSSR count). The quantitative estimate of drug-likeness (QED) is 0.829. The van der Waals surface area contributed by atoms with Gasteiger partial charge < -0.3 is 14.6 Å². The molecule has 1 heterocycles. The van der Waals surface area contributed by atoms with Crippen LogP contribution in [0.1, 0.15) is 26.5 Å². The number of aromatic nitrogens is 1. The molecule has 92 valence electrons. The minimum Gasteiger partial charge on any atom is -0.380 e. The molecule has 0 aliphatic heterocycles. The van der Waals surface area contributed by atoms with Crippen LogP contribution in [0.3, 0.4) is 0 Å². The third-order valence-electron chi connectivity index (χ3n) is 2.94. The molecule has 0 aliphatic rings. The summed E-state index contributed by atoms with van der Waals surface area (Å²) in [5, 5.41) is 3.44. The van der Waals surface area contributed by atoms with Gasteiger partial charge in [0.15, 0.2) is 0 Å². The van der Waals surface area contributed by atoms with Crippen LogP contribution in [0, 0.1) is 5.41 Å². The first kappa shape index (κ1) is 13.3. The van der Waals surface area contributed by atoms with Crippen LogP contribution >= 0.6 is 0 Å². The van der Waals surface area contributed by atoms with Crippen molar-refractivity contribution < 1.29 is 4.74 Å². The van der Waals surface area contributed by atoms with Gasteiger partial charge in [-0.3, -0.25) is 0 Å². The van der Waals surface area contributed by atoms with Gasteiger partial charge >= 0.3 is 0 Å². The molecule has 16 heavy (non-hydrogen) atoms. The molecule has 3 heteroatoms. The van der Waals surface area contributed by atoms with E-state index in [0.29, 0.717) is 0 Å². The molecule has 1 unspecified atom stereocenters. The first-order valence-corrected chi connectivity index (χ1v) is 5.79. The minimum absolute atomic E-state index is 0.177. The van der Waals surface area contributed by atoms with E-state index >= 15 is 0 Å². The van der Waals surface area contributed by atoms with Gasteiger partial charge in [-0.1, -0.05) is 20.8 Å². The number of methoxy groups -OCH3 is 1. The molecule has 0 bridgehead atoms. The lowest BCUT2D eigenvalue weighted by Gasteiger charge is -2.29. The van der Waals surface area contributed by atoms with Gasteiger partial charge in [0, 0.05) is 39.1 Å². The molecular weight excluding hydrogens is 200 g/mol. The summed E-state index contributed by atoms with van der Waals surface area (Å²) in [7, 11) is 3.84. The molecule has 1 aromatic rings. The summed E-state index contributed by atoms with van der Waals surface area (Å²) in [6.45, 7) is 8.37. The Kier molecular flexibility index (Phi) is 4.56. The van der Waals surface area contributed by atoms with Crippen molar-refractivity contribution in [3.8, 4) is 0 Å². The highest BCUT2D eigenvalue weighted by atomic mass is 16.5. The Labute approximate surface area is 98.8 Å². The van der Waals surface area contributed by atoms with E-state index in [0.717, 1.165) is 13.1 Å². The van der Waals surface area contributed by atoms with Crippen LogP contribution in [-0.2, 0) is 18.3 Å². The van der Waals surface area contributed by atoms with E-state index in [2.05, 4.69) is 56.0 Å². The third-order valence-corrected chi connectivity index (χ3v) is 2.94. The molecular formula is C13H24N2O. The molecule has 0 aliphatic carbocycles. The highest BCUT2D eigenvalue weighted by molar-refractivity contribution is 5.05. The van der Waals surface area contributed by atoms with Crippen molar-refractivity contribution in [2.24, 2.45) is 12.5 Å². The van der Waals surface area contributed by atoms with E-state index in [-0.39, 0.29) is 11.5 Å². The largest absolute Gasteiger partial charge is 0.380 e. The highest BCUT2D eigenvalue weighted by Crippen LogP contribution is 2.21. The Morgan fingerprint density at radius 1 is 1.44 bits per heavy atom. The Balaban J connectivity index is 2.37. The highest BCUT2D eigenvalue weighted by Gasteiger charge is 2.23. The summed E-state index contributed by atoms with van der Waals surface area (Å²) in [4.78, 5) is 0. The second-order valence-electron chi connectivity index (χ2n) is 5.33. The smallest absolute Gasteiger partial charge is 0.0743 e. The van der Waals surface area contributed by atoms with Gasteiger partial charge in [0.2, 0.25) is 0 Å². The Morgan fingerprint density at radius 2 is 2.12 bits per heavy atom. The van der Waals surface area contributed by atoms with Gasteiger partial charge in [-0.15, -0.1) is 0 Å². The lowest BCUT2D eigenvalue weighted by atomic mass is 9.89. The summed E-state index contributed by atoms with van der Waals surface area (Å²) in [5.74, 6) is 0. The SMILES string of the molecule is COC(CNCc1cccn1C)C(C)(C)C. The van der Waals surface area contributed by atoms with Gasteiger partial charge in [0.05, 0.1) is 6.10 Å². The maximum Gasteiger partial charge on any atom is 0.0743 e. The number of hydrogen-bond acceptors (Lipinski definition) is 2. The van der Waals surface area contributed by atoms with Crippen LogP contribution in [0.5, 0.6) is 0 Å². The molecule has 0 fully saturated rings. The van der Waals surface area contributed by atoms with Crippen LogP contribution in [0.25, 0.3) is 0 Å². The summed E-state index contributed by atoms with van der Waals surface area (Å²) >= 11 is 0. The van der Waals surface area contributed by atoms with Crippen LogP contribution in [0.2, 0.25) is 0 Å². The van der Waals surface area contributed by atoms with Gasteiger partial charge in [-0.2, -0.15) is 0 Å². The Bertz CT molecular complexity index is 312. The van der Waals surface area contributed by atoms with E-state index in [4.69, 9.17) is 4.74 Å². The van der Waals surface area contributed by atoms with Crippen molar-refractivity contribution >= 4 is 0 Å². The summed E-state index contributed by atoms with van der Waals surface area (Å²) in [5.41, 5.74) is 1.47. The van der Waals surface area contributed by atoms with E-state index < -0.39 is 0 Å².